The van der Waals surface area contributed by atoms with Crippen LogP contribution in [0.25, 0.3) is 0 Å². The van der Waals surface area contributed by atoms with Crippen molar-refractivity contribution >= 4 is 11.9 Å². The number of ether oxygens (including phenoxy) is 1. The lowest BCUT2D eigenvalue weighted by Gasteiger charge is -2.26. The molecule has 1 amide bonds. The van der Waals surface area contributed by atoms with E-state index in [9.17, 15) is 9.59 Å². The normalized spacial score (nSPS) is 19.6. The lowest BCUT2D eigenvalue weighted by molar-refractivity contribution is -0.162. The van der Waals surface area contributed by atoms with Crippen LogP contribution in [-0.4, -0.2) is 35.0 Å². The fourth-order valence-corrected chi connectivity index (χ4v) is 1.98. The summed E-state index contributed by atoms with van der Waals surface area (Å²) in [6.07, 6.45) is 3.12. The topological polar surface area (TPSA) is 46.6 Å². The van der Waals surface area contributed by atoms with E-state index in [1.165, 1.54) is 0 Å². The standard InChI is InChI=1S/C14H23NO3/c1-10(2)9-12(16)15-8-6-7-11(15)13(17)18-14(3,4)5/h9,11H,6-8H2,1-5H3/t11-/m1/s1. The molecule has 102 valence electrons. The second-order valence-corrected chi connectivity index (χ2v) is 5.94. The van der Waals surface area contributed by atoms with Crippen molar-refractivity contribution in [2.75, 3.05) is 6.54 Å². The fourth-order valence-electron chi connectivity index (χ4n) is 1.98. The highest BCUT2D eigenvalue weighted by Gasteiger charge is 2.36. The Bertz CT molecular complexity index is 362. The van der Waals surface area contributed by atoms with E-state index >= 15 is 0 Å². The zero-order chi connectivity index (χ0) is 13.9. The van der Waals surface area contributed by atoms with E-state index in [4.69, 9.17) is 4.74 Å². The van der Waals surface area contributed by atoms with Gasteiger partial charge in [-0.15, -0.1) is 0 Å². The molecule has 1 fully saturated rings. The van der Waals surface area contributed by atoms with Crippen molar-refractivity contribution in [3.63, 3.8) is 0 Å². The summed E-state index contributed by atoms with van der Waals surface area (Å²) in [5, 5.41) is 0. The number of esters is 1. The van der Waals surface area contributed by atoms with Gasteiger partial charge < -0.3 is 9.64 Å². The van der Waals surface area contributed by atoms with E-state index in [1.807, 2.05) is 34.6 Å². The van der Waals surface area contributed by atoms with Crippen LogP contribution in [0.4, 0.5) is 0 Å². The number of carbonyl (C=O) groups is 2. The van der Waals surface area contributed by atoms with Gasteiger partial charge in [0.25, 0.3) is 0 Å². The highest BCUT2D eigenvalue weighted by molar-refractivity contribution is 5.92. The van der Waals surface area contributed by atoms with Crippen LogP contribution in [0.3, 0.4) is 0 Å². The van der Waals surface area contributed by atoms with Crippen molar-refractivity contribution in [2.24, 2.45) is 0 Å². The van der Waals surface area contributed by atoms with Gasteiger partial charge in [-0.25, -0.2) is 4.79 Å². The minimum atomic E-state index is -0.509. The molecule has 0 aliphatic carbocycles. The van der Waals surface area contributed by atoms with Crippen LogP contribution in [0.5, 0.6) is 0 Å². The number of hydrogen-bond donors (Lipinski definition) is 0. The summed E-state index contributed by atoms with van der Waals surface area (Å²) in [5.41, 5.74) is 0.431. The van der Waals surface area contributed by atoms with E-state index in [2.05, 4.69) is 0 Å². The number of amides is 1. The first-order valence-corrected chi connectivity index (χ1v) is 6.39. The van der Waals surface area contributed by atoms with Crippen molar-refractivity contribution in [3.8, 4) is 0 Å². The Labute approximate surface area is 109 Å². The third kappa shape index (κ3) is 4.17. The molecule has 0 saturated carbocycles. The number of hydrogen-bond acceptors (Lipinski definition) is 3. The number of likely N-dealkylation sites (tertiary alicyclic amines) is 1. The Morgan fingerprint density at radius 1 is 1.28 bits per heavy atom. The zero-order valence-corrected chi connectivity index (χ0v) is 11.9. The lowest BCUT2D eigenvalue weighted by Crippen LogP contribution is -2.43. The Hall–Kier alpha value is -1.32. The molecule has 1 heterocycles. The SMILES string of the molecule is CC(C)=CC(=O)N1CCC[C@@H]1C(=O)OC(C)(C)C. The number of nitrogens with zero attached hydrogens (tertiary/aromatic N) is 1. The monoisotopic (exact) mass is 253 g/mol. The molecule has 4 heteroatoms. The second-order valence-electron chi connectivity index (χ2n) is 5.94. The molecule has 1 atom stereocenters. The van der Waals surface area contributed by atoms with Crippen LogP contribution < -0.4 is 0 Å². The van der Waals surface area contributed by atoms with Crippen molar-refractivity contribution < 1.29 is 14.3 Å². The van der Waals surface area contributed by atoms with Crippen LogP contribution in [0.1, 0.15) is 47.5 Å². The Morgan fingerprint density at radius 3 is 2.39 bits per heavy atom. The average Bonchev–Trinajstić information content (AvgIpc) is 2.61. The predicted molar refractivity (Wildman–Crippen MR) is 70.0 cm³/mol. The van der Waals surface area contributed by atoms with Gasteiger partial charge >= 0.3 is 5.97 Å². The van der Waals surface area contributed by atoms with Gasteiger partial charge in [0.2, 0.25) is 5.91 Å². The van der Waals surface area contributed by atoms with E-state index in [1.54, 1.807) is 11.0 Å². The van der Waals surface area contributed by atoms with Crippen LogP contribution in [0, 0.1) is 0 Å². The quantitative estimate of drug-likeness (QED) is 0.560. The molecule has 18 heavy (non-hydrogen) atoms. The minimum Gasteiger partial charge on any atom is -0.458 e. The smallest absolute Gasteiger partial charge is 0.329 e. The molecule has 1 rings (SSSR count). The largest absolute Gasteiger partial charge is 0.458 e. The van der Waals surface area contributed by atoms with Gasteiger partial charge in [-0.2, -0.15) is 0 Å². The number of rotatable bonds is 2. The Balaban J connectivity index is 2.74. The van der Waals surface area contributed by atoms with Crippen molar-refractivity contribution in [1.29, 1.82) is 0 Å². The Morgan fingerprint density at radius 2 is 1.89 bits per heavy atom. The molecule has 0 aromatic carbocycles. The highest BCUT2D eigenvalue weighted by Crippen LogP contribution is 2.21. The molecule has 1 saturated heterocycles. The average molecular weight is 253 g/mol. The molecule has 0 aromatic heterocycles. The lowest BCUT2D eigenvalue weighted by atomic mass is 10.1. The van der Waals surface area contributed by atoms with Gasteiger partial charge in [0, 0.05) is 12.6 Å². The summed E-state index contributed by atoms with van der Waals surface area (Å²) in [7, 11) is 0. The maximum atomic E-state index is 12.0. The van der Waals surface area contributed by atoms with Gasteiger partial charge in [-0.1, -0.05) is 5.57 Å². The second kappa shape index (κ2) is 5.55. The summed E-state index contributed by atoms with van der Waals surface area (Å²) in [6.45, 7) is 9.88. The predicted octanol–water partition coefficient (Wildman–Crippen LogP) is 2.29. The zero-order valence-electron chi connectivity index (χ0n) is 11.9. The van der Waals surface area contributed by atoms with E-state index in [-0.39, 0.29) is 11.9 Å². The minimum absolute atomic E-state index is 0.0941. The van der Waals surface area contributed by atoms with Crippen molar-refractivity contribution in [3.05, 3.63) is 11.6 Å². The highest BCUT2D eigenvalue weighted by atomic mass is 16.6. The van der Waals surface area contributed by atoms with Gasteiger partial charge in [-0.3, -0.25) is 4.79 Å². The maximum Gasteiger partial charge on any atom is 0.329 e. The molecular formula is C14H23NO3. The molecule has 1 aliphatic rings. The first-order chi connectivity index (χ1) is 8.20. The van der Waals surface area contributed by atoms with Crippen LogP contribution >= 0.6 is 0 Å². The summed E-state index contributed by atoms with van der Waals surface area (Å²) < 4.78 is 5.35. The molecular weight excluding hydrogens is 230 g/mol. The van der Waals surface area contributed by atoms with Crippen molar-refractivity contribution in [1.82, 2.24) is 4.90 Å². The summed E-state index contributed by atoms with van der Waals surface area (Å²) in [4.78, 5) is 25.6. The molecule has 0 radical (unpaired) electrons. The van der Waals surface area contributed by atoms with Gasteiger partial charge in [0.15, 0.2) is 0 Å². The van der Waals surface area contributed by atoms with Crippen LogP contribution in [0.15, 0.2) is 11.6 Å². The number of carbonyl (C=O) groups excluding carboxylic acids is 2. The third-order valence-electron chi connectivity index (χ3n) is 2.63. The first-order valence-electron chi connectivity index (χ1n) is 6.39. The maximum absolute atomic E-state index is 12.0. The summed E-state index contributed by atoms with van der Waals surface area (Å²) in [6, 6.07) is -0.424. The molecule has 0 aromatic rings. The molecule has 0 N–H and O–H groups in total. The molecule has 0 bridgehead atoms. The summed E-state index contributed by atoms with van der Waals surface area (Å²) >= 11 is 0. The fraction of sp³-hybridized carbons (Fsp3) is 0.714. The van der Waals surface area contributed by atoms with Gasteiger partial charge in [-0.05, 0) is 47.5 Å². The molecule has 0 spiro atoms. The van der Waals surface area contributed by atoms with Crippen LogP contribution in [-0.2, 0) is 14.3 Å². The van der Waals surface area contributed by atoms with Crippen LogP contribution in [0.2, 0.25) is 0 Å². The van der Waals surface area contributed by atoms with Gasteiger partial charge in [0.1, 0.15) is 11.6 Å². The Kier molecular flexibility index (Phi) is 4.54. The van der Waals surface area contributed by atoms with Crippen molar-refractivity contribution in [2.45, 2.75) is 59.1 Å². The molecule has 4 nitrogen and oxygen atoms in total. The first kappa shape index (κ1) is 14.7. The van der Waals surface area contributed by atoms with E-state index in [0.29, 0.717) is 13.0 Å². The molecule has 1 aliphatic heterocycles. The molecule has 0 unspecified atom stereocenters. The van der Waals surface area contributed by atoms with E-state index in [0.717, 1.165) is 12.0 Å². The summed E-state index contributed by atoms with van der Waals surface area (Å²) in [5.74, 6) is -0.390. The van der Waals surface area contributed by atoms with E-state index < -0.39 is 11.6 Å². The van der Waals surface area contributed by atoms with Gasteiger partial charge in [0.05, 0.1) is 0 Å². The number of allylic oxidation sites excluding steroid dienone is 1. The third-order valence-corrected chi connectivity index (χ3v) is 2.63.